The molecule has 0 saturated heterocycles. The van der Waals surface area contributed by atoms with E-state index in [1.54, 1.807) is 19.4 Å². The van der Waals surface area contributed by atoms with Crippen molar-refractivity contribution in [3.63, 3.8) is 0 Å². The van der Waals surface area contributed by atoms with Crippen LogP contribution in [0.2, 0.25) is 0 Å². The van der Waals surface area contributed by atoms with Gasteiger partial charge in [0.05, 0.1) is 17.8 Å². The number of ether oxygens (including phenoxy) is 1. The molecular weight excluding hydrogens is 322 g/mol. The highest BCUT2D eigenvalue weighted by Gasteiger charge is 2.17. The lowest BCUT2D eigenvalue weighted by molar-refractivity contribution is 0.0955. The number of carbonyl (C=O) groups is 1. The SMILES string of the molecule is COc1ccc(CNC(=O)c2sc(C)nc2-c2ccccc2)cn1. The van der Waals surface area contributed by atoms with E-state index in [1.165, 1.54) is 11.3 Å². The molecule has 5 nitrogen and oxygen atoms in total. The highest BCUT2D eigenvalue weighted by Crippen LogP contribution is 2.27. The molecule has 0 aliphatic heterocycles. The second-order valence-corrected chi connectivity index (χ2v) is 6.37. The molecule has 1 aromatic carbocycles. The third kappa shape index (κ3) is 3.60. The summed E-state index contributed by atoms with van der Waals surface area (Å²) in [6.45, 7) is 2.31. The standard InChI is InChI=1S/C18H17N3O2S/c1-12-21-16(14-6-4-3-5-7-14)17(24-12)18(22)20-11-13-8-9-15(23-2)19-10-13/h3-10H,11H2,1-2H3,(H,20,22). The largest absolute Gasteiger partial charge is 0.481 e. The Kier molecular flexibility index (Phi) is 4.86. The molecule has 0 saturated carbocycles. The van der Waals surface area contributed by atoms with Gasteiger partial charge in [0.1, 0.15) is 4.88 Å². The van der Waals surface area contributed by atoms with Gasteiger partial charge in [0.2, 0.25) is 5.88 Å². The number of benzene rings is 1. The maximum atomic E-state index is 12.6. The molecule has 1 amide bonds. The average Bonchev–Trinajstić information content (AvgIpc) is 3.03. The molecule has 3 aromatic rings. The molecule has 0 radical (unpaired) electrons. The molecule has 0 unspecified atom stereocenters. The zero-order valence-corrected chi connectivity index (χ0v) is 14.3. The van der Waals surface area contributed by atoms with Crippen LogP contribution in [0.5, 0.6) is 5.88 Å². The highest BCUT2D eigenvalue weighted by atomic mass is 32.1. The Labute approximate surface area is 144 Å². The Morgan fingerprint density at radius 3 is 2.67 bits per heavy atom. The summed E-state index contributed by atoms with van der Waals surface area (Å²) >= 11 is 1.40. The van der Waals surface area contributed by atoms with Crippen LogP contribution in [0, 0.1) is 6.92 Å². The van der Waals surface area contributed by atoms with E-state index in [9.17, 15) is 4.79 Å². The van der Waals surface area contributed by atoms with Crippen molar-refractivity contribution in [3.05, 3.63) is 64.1 Å². The molecule has 0 bridgehead atoms. The monoisotopic (exact) mass is 339 g/mol. The minimum absolute atomic E-state index is 0.129. The Morgan fingerprint density at radius 2 is 2.00 bits per heavy atom. The van der Waals surface area contributed by atoms with Crippen LogP contribution in [-0.2, 0) is 6.54 Å². The number of amides is 1. The molecule has 2 aromatic heterocycles. The highest BCUT2D eigenvalue weighted by molar-refractivity contribution is 7.14. The summed E-state index contributed by atoms with van der Waals surface area (Å²) in [4.78, 5) is 21.8. The molecule has 1 N–H and O–H groups in total. The topological polar surface area (TPSA) is 64.1 Å². The first-order valence-corrected chi connectivity index (χ1v) is 8.29. The molecule has 0 atom stereocenters. The fraction of sp³-hybridized carbons (Fsp3) is 0.167. The molecule has 122 valence electrons. The average molecular weight is 339 g/mol. The van der Waals surface area contributed by atoms with Gasteiger partial charge >= 0.3 is 0 Å². The van der Waals surface area contributed by atoms with Crippen molar-refractivity contribution in [2.45, 2.75) is 13.5 Å². The zero-order valence-electron chi connectivity index (χ0n) is 13.4. The van der Waals surface area contributed by atoms with Crippen molar-refractivity contribution in [1.29, 1.82) is 0 Å². The van der Waals surface area contributed by atoms with Crippen LogP contribution < -0.4 is 10.1 Å². The van der Waals surface area contributed by atoms with Gasteiger partial charge in [0.25, 0.3) is 5.91 Å². The fourth-order valence-corrected chi connectivity index (χ4v) is 3.13. The van der Waals surface area contributed by atoms with Gasteiger partial charge in [0.15, 0.2) is 0 Å². The molecule has 0 fully saturated rings. The number of hydrogen-bond donors (Lipinski definition) is 1. The minimum atomic E-state index is -0.129. The number of carbonyl (C=O) groups excluding carboxylic acids is 1. The number of aryl methyl sites for hydroxylation is 1. The molecular formula is C18H17N3O2S. The van der Waals surface area contributed by atoms with Crippen LogP contribution in [0.15, 0.2) is 48.7 Å². The molecule has 3 rings (SSSR count). The predicted octanol–water partition coefficient (Wildman–Crippen LogP) is 3.45. The summed E-state index contributed by atoms with van der Waals surface area (Å²) in [5.74, 6) is 0.421. The Morgan fingerprint density at radius 1 is 1.21 bits per heavy atom. The summed E-state index contributed by atoms with van der Waals surface area (Å²) in [6.07, 6.45) is 1.69. The van der Waals surface area contributed by atoms with Gasteiger partial charge in [0, 0.05) is 24.4 Å². The van der Waals surface area contributed by atoms with Crippen LogP contribution in [0.3, 0.4) is 0 Å². The lowest BCUT2D eigenvalue weighted by Crippen LogP contribution is -2.22. The van der Waals surface area contributed by atoms with E-state index in [0.29, 0.717) is 17.3 Å². The smallest absolute Gasteiger partial charge is 0.263 e. The number of aromatic nitrogens is 2. The van der Waals surface area contributed by atoms with Crippen molar-refractivity contribution >= 4 is 17.2 Å². The third-order valence-electron chi connectivity index (χ3n) is 3.45. The first-order chi connectivity index (χ1) is 11.7. The second-order valence-electron chi connectivity index (χ2n) is 5.17. The summed E-state index contributed by atoms with van der Waals surface area (Å²) < 4.78 is 5.03. The van der Waals surface area contributed by atoms with Gasteiger partial charge in [-0.3, -0.25) is 4.79 Å². The van der Waals surface area contributed by atoms with Gasteiger partial charge in [-0.25, -0.2) is 9.97 Å². The maximum Gasteiger partial charge on any atom is 0.263 e. The predicted molar refractivity (Wildman–Crippen MR) is 94.2 cm³/mol. The summed E-state index contributed by atoms with van der Waals surface area (Å²) in [5.41, 5.74) is 2.58. The number of hydrogen-bond acceptors (Lipinski definition) is 5. The molecule has 0 spiro atoms. The van der Waals surface area contributed by atoms with E-state index in [2.05, 4.69) is 15.3 Å². The summed E-state index contributed by atoms with van der Waals surface area (Å²) in [7, 11) is 1.57. The Hall–Kier alpha value is -2.73. The van der Waals surface area contributed by atoms with Crippen molar-refractivity contribution in [2.24, 2.45) is 0 Å². The lowest BCUT2D eigenvalue weighted by Gasteiger charge is -2.06. The molecule has 2 heterocycles. The van der Waals surface area contributed by atoms with E-state index in [4.69, 9.17) is 4.74 Å². The van der Waals surface area contributed by atoms with Crippen LogP contribution in [0.1, 0.15) is 20.2 Å². The van der Waals surface area contributed by atoms with Gasteiger partial charge in [-0.2, -0.15) is 0 Å². The van der Waals surface area contributed by atoms with E-state index < -0.39 is 0 Å². The Balaban J connectivity index is 1.75. The third-order valence-corrected chi connectivity index (χ3v) is 4.42. The van der Waals surface area contributed by atoms with E-state index in [0.717, 1.165) is 21.8 Å². The van der Waals surface area contributed by atoms with Crippen molar-refractivity contribution in [1.82, 2.24) is 15.3 Å². The number of nitrogens with zero attached hydrogens (tertiary/aromatic N) is 2. The van der Waals surface area contributed by atoms with E-state index in [-0.39, 0.29) is 5.91 Å². The number of methoxy groups -OCH3 is 1. The van der Waals surface area contributed by atoms with Crippen LogP contribution >= 0.6 is 11.3 Å². The Bertz CT molecular complexity index is 829. The van der Waals surface area contributed by atoms with Gasteiger partial charge < -0.3 is 10.1 Å². The molecule has 6 heteroatoms. The summed E-state index contributed by atoms with van der Waals surface area (Å²) in [5, 5.41) is 3.79. The number of rotatable bonds is 5. The number of pyridine rings is 1. The first kappa shape index (κ1) is 16.1. The quantitative estimate of drug-likeness (QED) is 0.773. The molecule has 0 aliphatic carbocycles. The van der Waals surface area contributed by atoms with Gasteiger partial charge in [-0.05, 0) is 12.5 Å². The molecule has 0 aliphatic rings. The van der Waals surface area contributed by atoms with Crippen LogP contribution in [0.25, 0.3) is 11.3 Å². The maximum absolute atomic E-state index is 12.6. The number of nitrogens with one attached hydrogen (secondary N) is 1. The molecule has 24 heavy (non-hydrogen) atoms. The normalized spacial score (nSPS) is 10.4. The second kappa shape index (κ2) is 7.23. The van der Waals surface area contributed by atoms with E-state index in [1.807, 2.05) is 43.3 Å². The fourth-order valence-electron chi connectivity index (χ4n) is 2.27. The minimum Gasteiger partial charge on any atom is -0.481 e. The first-order valence-electron chi connectivity index (χ1n) is 7.47. The van der Waals surface area contributed by atoms with Crippen molar-refractivity contribution < 1.29 is 9.53 Å². The van der Waals surface area contributed by atoms with Crippen LogP contribution in [0.4, 0.5) is 0 Å². The van der Waals surface area contributed by atoms with E-state index >= 15 is 0 Å². The van der Waals surface area contributed by atoms with Gasteiger partial charge in [-0.15, -0.1) is 11.3 Å². The lowest BCUT2D eigenvalue weighted by atomic mass is 10.1. The summed E-state index contributed by atoms with van der Waals surface area (Å²) in [6, 6.07) is 13.4. The number of thiazole rings is 1. The zero-order chi connectivity index (χ0) is 16.9. The van der Waals surface area contributed by atoms with Crippen LogP contribution in [-0.4, -0.2) is 23.0 Å². The van der Waals surface area contributed by atoms with Crippen molar-refractivity contribution in [3.8, 4) is 17.1 Å². The van der Waals surface area contributed by atoms with Gasteiger partial charge in [-0.1, -0.05) is 36.4 Å². The van der Waals surface area contributed by atoms with Crippen molar-refractivity contribution in [2.75, 3.05) is 7.11 Å².